The molecule has 1 atom stereocenters. The fourth-order valence-corrected chi connectivity index (χ4v) is 1.34. The van der Waals surface area contributed by atoms with Crippen LogP contribution in [0, 0.1) is 0 Å². The molecule has 0 bridgehead atoms. The maximum atomic E-state index is 12.1. The van der Waals surface area contributed by atoms with Crippen molar-refractivity contribution in [2.24, 2.45) is 5.73 Å². The van der Waals surface area contributed by atoms with Crippen LogP contribution >= 0.6 is 0 Å². The zero-order valence-corrected chi connectivity index (χ0v) is 8.00. The molecule has 0 spiro atoms. The number of halogens is 3. The first-order valence-electron chi connectivity index (χ1n) is 4.59. The Bertz CT molecular complexity index is 241. The van der Waals surface area contributed by atoms with Crippen molar-refractivity contribution in [1.29, 1.82) is 0 Å². The summed E-state index contributed by atoms with van der Waals surface area (Å²) in [7, 11) is 0. The fourth-order valence-electron chi connectivity index (χ4n) is 1.34. The van der Waals surface area contributed by atoms with Crippen LogP contribution in [-0.2, 0) is 4.79 Å². The van der Waals surface area contributed by atoms with Crippen LogP contribution in [0.4, 0.5) is 13.2 Å². The van der Waals surface area contributed by atoms with Crippen LogP contribution in [0.2, 0.25) is 0 Å². The quantitative estimate of drug-likeness (QED) is 0.713. The number of carboxylic acid groups (broad SMARTS) is 1. The molecule has 0 aliphatic heterocycles. The second-order valence-corrected chi connectivity index (χ2v) is 3.72. The van der Waals surface area contributed by atoms with Crippen LogP contribution in [0.15, 0.2) is 0 Å². The van der Waals surface area contributed by atoms with Gasteiger partial charge in [0.25, 0.3) is 0 Å². The van der Waals surface area contributed by atoms with Crippen LogP contribution in [0.3, 0.4) is 0 Å². The molecule has 0 amide bonds. The van der Waals surface area contributed by atoms with E-state index in [-0.39, 0.29) is 12.6 Å². The molecule has 1 aliphatic rings. The zero-order chi connectivity index (χ0) is 11.6. The lowest BCUT2D eigenvalue weighted by Gasteiger charge is -2.24. The smallest absolute Gasteiger partial charge is 0.401 e. The van der Waals surface area contributed by atoms with E-state index in [2.05, 4.69) is 0 Å². The van der Waals surface area contributed by atoms with Crippen molar-refractivity contribution in [3.05, 3.63) is 0 Å². The number of hydrogen-bond donors (Lipinski definition) is 2. The number of alkyl halides is 3. The number of aliphatic carboxylic acids is 1. The molecule has 0 saturated heterocycles. The second-order valence-electron chi connectivity index (χ2n) is 3.72. The topological polar surface area (TPSA) is 66.6 Å². The average molecular weight is 226 g/mol. The summed E-state index contributed by atoms with van der Waals surface area (Å²) in [5.74, 6) is -1.28. The molecule has 0 aromatic heterocycles. The van der Waals surface area contributed by atoms with Crippen molar-refractivity contribution >= 4 is 5.97 Å². The summed E-state index contributed by atoms with van der Waals surface area (Å²) in [6.45, 7) is -1.34. The van der Waals surface area contributed by atoms with E-state index in [4.69, 9.17) is 10.8 Å². The van der Waals surface area contributed by atoms with Crippen molar-refractivity contribution in [1.82, 2.24) is 4.90 Å². The first kappa shape index (κ1) is 12.3. The summed E-state index contributed by atoms with van der Waals surface area (Å²) in [4.78, 5) is 11.5. The summed E-state index contributed by atoms with van der Waals surface area (Å²) in [5.41, 5.74) is 5.19. The third-order valence-electron chi connectivity index (χ3n) is 2.19. The number of carboxylic acids is 1. The van der Waals surface area contributed by atoms with E-state index in [9.17, 15) is 18.0 Å². The SMILES string of the molecule is NC(CN(CC(F)(F)F)C1CC1)C(=O)O. The van der Waals surface area contributed by atoms with Crippen LogP contribution in [0.1, 0.15) is 12.8 Å². The maximum absolute atomic E-state index is 12.1. The molecule has 7 heteroatoms. The van der Waals surface area contributed by atoms with E-state index in [1.807, 2.05) is 0 Å². The minimum Gasteiger partial charge on any atom is -0.480 e. The average Bonchev–Trinajstić information content (AvgIpc) is 2.81. The highest BCUT2D eigenvalue weighted by Crippen LogP contribution is 2.29. The Morgan fingerprint density at radius 2 is 2.07 bits per heavy atom. The van der Waals surface area contributed by atoms with Gasteiger partial charge in [-0.3, -0.25) is 9.69 Å². The van der Waals surface area contributed by atoms with Crippen molar-refractivity contribution in [3.63, 3.8) is 0 Å². The summed E-state index contributed by atoms with van der Waals surface area (Å²) in [5, 5.41) is 8.50. The number of hydrogen-bond acceptors (Lipinski definition) is 3. The Balaban J connectivity index is 2.47. The molecule has 1 saturated carbocycles. The summed E-state index contributed by atoms with van der Waals surface area (Å²) in [6.07, 6.45) is -2.94. The van der Waals surface area contributed by atoms with Gasteiger partial charge in [0, 0.05) is 12.6 Å². The van der Waals surface area contributed by atoms with Gasteiger partial charge in [-0.2, -0.15) is 13.2 Å². The van der Waals surface area contributed by atoms with Gasteiger partial charge < -0.3 is 10.8 Å². The van der Waals surface area contributed by atoms with Crippen molar-refractivity contribution < 1.29 is 23.1 Å². The molecule has 4 nitrogen and oxygen atoms in total. The van der Waals surface area contributed by atoms with Crippen LogP contribution in [0.25, 0.3) is 0 Å². The lowest BCUT2D eigenvalue weighted by atomic mass is 10.3. The summed E-state index contributed by atoms with van der Waals surface area (Å²) in [6, 6.07) is -1.41. The Morgan fingerprint density at radius 3 is 2.40 bits per heavy atom. The largest absolute Gasteiger partial charge is 0.480 e. The standard InChI is InChI=1S/C8H13F3N2O2/c9-8(10,11)4-13(5-1-2-5)3-6(12)7(14)15/h5-6H,1-4,12H2,(H,14,15). The van der Waals surface area contributed by atoms with E-state index >= 15 is 0 Å². The fraction of sp³-hybridized carbons (Fsp3) is 0.875. The third-order valence-corrected chi connectivity index (χ3v) is 2.19. The monoisotopic (exact) mass is 226 g/mol. The summed E-state index contributed by atoms with van der Waals surface area (Å²) < 4.78 is 36.3. The molecule has 1 unspecified atom stereocenters. The normalized spacial score (nSPS) is 19.3. The molecule has 3 N–H and O–H groups in total. The molecule has 0 radical (unpaired) electrons. The first-order valence-corrected chi connectivity index (χ1v) is 4.59. The minimum atomic E-state index is -4.30. The minimum absolute atomic E-state index is 0.156. The van der Waals surface area contributed by atoms with Gasteiger partial charge in [-0.15, -0.1) is 0 Å². The molecule has 88 valence electrons. The summed E-state index contributed by atoms with van der Waals surface area (Å²) >= 11 is 0. The Hall–Kier alpha value is -0.820. The number of carbonyl (C=O) groups is 1. The Morgan fingerprint density at radius 1 is 1.53 bits per heavy atom. The van der Waals surface area contributed by atoms with E-state index < -0.39 is 24.7 Å². The third kappa shape index (κ3) is 4.48. The van der Waals surface area contributed by atoms with E-state index in [1.165, 1.54) is 0 Å². The predicted molar refractivity (Wildman–Crippen MR) is 46.3 cm³/mol. The molecule has 0 aromatic carbocycles. The first-order chi connectivity index (χ1) is 6.79. The van der Waals surface area contributed by atoms with Gasteiger partial charge in [0.15, 0.2) is 0 Å². The highest BCUT2D eigenvalue weighted by Gasteiger charge is 2.39. The van der Waals surface area contributed by atoms with Crippen molar-refractivity contribution in [2.45, 2.75) is 31.1 Å². The molecular weight excluding hydrogens is 213 g/mol. The van der Waals surface area contributed by atoms with Gasteiger partial charge in [-0.1, -0.05) is 0 Å². The van der Waals surface area contributed by atoms with Gasteiger partial charge in [0.05, 0.1) is 6.54 Å². The molecule has 0 aromatic rings. The molecule has 1 aliphatic carbocycles. The van der Waals surface area contributed by atoms with Gasteiger partial charge in [-0.05, 0) is 12.8 Å². The maximum Gasteiger partial charge on any atom is 0.401 e. The Labute approximate surface area is 84.8 Å². The number of nitrogens with zero attached hydrogens (tertiary/aromatic N) is 1. The predicted octanol–water partition coefficient (Wildman–Crippen LogP) is 0.425. The van der Waals surface area contributed by atoms with Gasteiger partial charge in [0.1, 0.15) is 6.04 Å². The van der Waals surface area contributed by atoms with Crippen LogP contribution in [-0.4, -0.2) is 47.3 Å². The Kier molecular flexibility index (Phi) is 3.56. The van der Waals surface area contributed by atoms with E-state index in [1.54, 1.807) is 0 Å². The number of rotatable bonds is 5. The van der Waals surface area contributed by atoms with E-state index in [0.717, 1.165) is 4.90 Å². The van der Waals surface area contributed by atoms with Gasteiger partial charge >= 0.3 is 12.1 Å². The lowest BCUT2D eigenvalue weighted by molar-refractivity contribution is -0.151. The lowest BCUT2D eigenvalue weighted by Crippen LogP contribution is -2.46. The van der Waals surface area contributed by atoms with Gasteiger partial charge in [-0.25, -0.2) is 0 Å². The van der Waals surface area contributed by atoms with Crippen LogP contribution in [0.5, 0.6) is 0 Å². The van der Waals surface area contributed by atoms with Crippen molar-refractivity contribution in [3.8, 4) is 0 Å². The molecule has 0 heterocycles. The highest BCUT2D eigenvalue weighted by molar-refractivity contribution is 5.73. The molecule has 15 heavy (non-hydrogen) atoms. The van der Waals surface area contributed by atoms with Crippen molar-refractivity contribution in [2.75, 3.05) is 13.1 Å². The zero-order valence-electron chi connectivity index (χ0n) is 8.00. The molecule has 1 fully saturated rings. The van der Waals surface area contributed by atoms with Crippen LogP contribution < -0.4 is 5.73 Å². The molecule has 1 rings (SSSR count). The van der Waals surface area contributed by atoms with E-state index in [0.29, 0.717) is 12.8 Å². The molecular formula is C8H13F3N2O2. The van der Waals surface area contributed by atoms with Gasteiger partial charge in [0.2, 0.25) is 0 Å². The highest BCUT2D eigenvalue weighted by atomic mass is 19.4. The second kappa shape index (κ2) is 4.36. The number of nitrogens with two attached hydrogens (primary N) is 1.